The molecule has 1 heterocycles. The number of hydrogen-bond acceptors (Lipinski definition) is 4. The van der Waals surface area contributed by atoms with Crippen LogP contribution in [0.5, 0.6) is 0 Å². The van der Waals surface area contributed by atoms with Crippen LogP contribution in [0.3, 0.4) is 0 Å². The maximum Gasteiger partial charge on any atom is 0.278 e. The molecule has 0 aliphatic carbocycles. The Balaban J connectivity index is 2.73. The summed E-state index contributed by atoms with van der Waals surface area (Å²) >= 11 is 3.34. The van der Waals surface area contributed by atoms with Gasteiger partial charge in [0.05, 0.1) is 14.8 Å². The number of anilines is 1. The molecule has 0 bridgehead atoms. The molecule has 0 aliphatic heterocycles. The molecule has 0 saturated heterocycles. The van der Waals surface area contributed by atoms with Gasteiger partial charge in [0.15, 0.2) is 0 Å². The van der Waals surface area contributed by atoms with Crippen molar-refractivity contribution in [2.45, 2.75) is 26.3 Å². The van der Waals surface area contributed by atoms with Crippen LogP contribution in [0.15, 0.2) is 28.9 Å². The molecule has 1 N–H and O–H groups in total. The van der Waals surface area contributed by atoms with Crippen molar-refractivity contribution < 1.29 is 4.92 Å². The molecule has 2 rings (SSSR count). The van der Waals surface area contributed by atoms with Crippen LogP contribution in [0.4, 0.5) is 11.5 Å². The van der Waals surface area contributed by atoms with Crippen molar-refractivity contribution in [1.82, 2.24) is 4.98 Å². The van der Waals surface area contributed by atoms with Gasteiger partial charge >= 0.3 is 0 Å². The zero-order valence-corrected chi connectivity index (χ0v) is 12.5. The maximum atomic E-state index is 11.1. The second-order valence-corrected chi connectivity index (χ2v) is 6.14. The van der Waals surface area contributed by atoms with Crippen molar-refractivity contribution in [3.63, 3.8) is 0 Å². The number of benzene rings is 1. The molecule has 0 aliphatic rings. The van der Waals surface area contributed by atoms with E-state index >= 15 is 0 Å². The van der Waals surface area contributed by atoms with Crippen LogP contribution in [0.1, 0.15) is 20.8 Å². The number of rotatable bonds is 2. The van der Waals surface area contributed by atoms with Gasteiger partial charge in [0.25, 0.3) is 5.69 Å². The molecule has 0 fully saturated rings. The van der Waals surface area contributed by atoms with Crippen molar-refractivity contribution in [3.05, 3.63) is 39.0 Å². The fourth-order valence-electron chi connectivity index (χ4n) is 1.85. The number of non-ortho nitro benzene ring substituents is 1. The molecule has 0 amide bonds. The van der Waals surface area contributed by atoms with Crippen LogP contribution in [-0.4, -0.2) is 15.4 Å². The number of nitro benzene ring substituents is 1. The predicted octanol–water partition coefficient (Wildman–Crippen LogP) is 4.12. The quantitative estimate of drug-likeness (QED) is 0.666. The number of aromatic nitrogens is 1. The van der Waals surface area contributed by atoms with E-state index in [0.717, 1.165) is 5.39 Å². The van der Waals surface area contributed by atoms with Crippen LogP contribution < -0.4 is 5.32 Å². The smallest absolute Gasteiger partial charge is 0.278 e. The fourth-order valence-corrected chi connectivity index (χ4v) is 2.37. The Morgan fingerprint density at radius 1 is 1.37 bits per heavy atom. The molecule has 0 radical (unpaired) electrons. The molecule has 0 spiro atoms. The number of nitro groups is 1. The summed E-state index contributed by atoms with van der Waals surface area (Å²) in [4.78, 5) is 15.0. The number of fused-ring (bicyclic) bond motifs is 1. The molecule has 6 heteroatoms. The van der Waals surface area contributed by atoms with Crippen LogP contribution in [0, 0.1) is 10.1 Å². The lowest BCUT2D eigenvalue weighted by Crippen LogP contribution is -2.26. The molecule has 100 valence electrons. The summed E-state index contributed by atoms with van der Waals surface area (Å²) in [5, 5.41) is 15.7. The first-order valence-electron chi connectivity index (χ1n) is 5.79. The summed E-state index contributed by atoms with van der Waals surface area (Å²) in [6.45, 7) is 6.04. The lowest BCUT2D eigenvalue weighted by molar-refractivity contribution is -0.383. The van der Waals surface area contributed by atoms with Crippen LogP contribution in [0.25, 0.3) is 10.8 Å². The van der Waals surface area contributed by atoms with Crippen molar-refractivity contribution >= 4 is 38.2 Å². The number of nitrogens with one attached hydrogen (secondary N) is 1. The minimum atomic E-state index is -0.381. The van der Waals surface area contributed by atoms with E-state index in [-0.39, 0.29) is 16.1 Å². The van der Waals surface area contributed by atoms with Gasteiger partial charge in [-0.25, -0.2) is 4.98 Å². The van der Waals surface area contributed by atoms with E-state index in [1.54, 1.807) is 12.3 Å². The standard InChI is InChI=1S/C13H14BrN3O2/c1-13(2,3)16-12-8-5-4-6-10(17(18)19)11(8)9(14)7-15-12/h4-7H,1-3H3,(H,15,16). The van der Waals surface area contributed by atoms with Gasteiger partial charge in [-0.3, -0.25) is 10.1 Å². The Hall–Kier alpha value is -1.69. The molecule has 1 aromatic carbocycles. The minimum absolute atomic E-state index is 0.0729. The molecule has 1 aromatic heterocycles. The molecule has 2 aromatic rings. The zero-order valence-electron chi connectivity index (χ0n) is 10.9. The van der Waals surface area contributed by atoms with Gasteiger partial charge in [0, 0.05) is 23.2 Å². The minimum Gasteiger partial charge on any atom is -0.365 e. The van der Waals surface area contributed by atoms with Gasteiger partial charge in [0.1, 0.15) is 5.82 Å². The molecule has 0 saturated carbocycles. The summed E-state index contributed by atoms with van der Waals surface area (Å²) in [5.41, 5.74) is -0.0954. The van der Waals surface area contributed by atoms with Crippen molar-refractivity contribution in [1.29, 1.82) is 0 Å². The molecule has 0 unspecified atom stereocenters. The van der Waals surface area contributed by atoms with Gasteiger partial charge in [0.2, 0.25) is 0 Å². The van der Waals surface area contributed by atoms with E-state index in [1.165, 1.54) is 6.07 Å². The number of halogens is 1. The summed E-state index contributed by atoms with van der Waals surface area (Å²) in [7, 11) is 0. The summed E-state index contributed by atoms with van der Waals surface area (Å²) < 4.78 is 0.620. The Morgan fingerprint density at radius 2 is 2.05 bits per heavy atom. The van der Waals surface area contributed by atoms with E-state index in [2.05, 4.69) is 26.2 Å². The lowest BCUT2D eigenvalue weighted by Gasteiger charge is -2.22. The highest BCUT2D eigenvalue weighted by atomic mass is 79.9. The first kappa shape index (κ1) is 13.7. The number of hydrogen-bond donors (Lipinski definition) is 1. The molecular formula is C13H14BrN3O2. The average molecular weight is 324 g/mol. The van der Waals surface area contributed by atoms with E-state index in [9.17, 15) is 10.1 Å². The highest BCUT2D eigenvalue weighted by Crippen LogP contribution is 2.35. The van der Waals surface area contributed by atoms with E-state index < -0.39 is 0 Å². The molecule has 0 atom stereocenters. The topological polar surface area (TPSA) is 68.1 Å². The SMILES string of the molecule is CC(C)(C)Nc1ncc(Br)c2c([N+](=O)[O-])cccc12. The zero-order chi connectivity index (χ0) is 14.2. The second kappa shape index (κ2) is 4.77. The predicted molar refractivity (Wildman–Crippen MR) is 79.5 cm³/mol. The summed E-state index contributed by atoms with van der Waals surface area (Å²) in [5.74, 6) is 0.648. The third kappa shape index (κ3) is 2.84. The van der Waals surface area contributed by atoms with Crippen molar-refractivity contribution in [2.24, 2.45) is 0 Å². The highest BCUT2D eigenvalue weighted by molar-refractivity contribution is 9.10. The molecule has 5 nitrogen and oxygen atoms in total. The summed E-state index contributed by atoms with van der Waals surface area (Å²) in [6, 6.07) is 4.99. The third-order valence-corrected chi connectivity index (χ3v) is 3.13. The third-order valence-electron chi connectivity index (χ3n) is 2.53. The molecular weight excluding hydrogens is 310 g/mol. The normalized spacial score (nSPS) is 11.6. The first-order chi connectivity index (χ1) is 8.79. The molecule has 19 heavy (non-hydrogen) atoms. The van der Waals surface area contributed by atoms with Crippen LogP contribution in [-0.2, 0) is 0 Å². The maximum absolute atomic E-state index is 11.1. The highest BCUT2D eigenvalue weighted by Gasteiger charge is 2.19. The van der Waals surface area contributed by atoms with Gasteiger partial charge < -0.3 is 5.32 Å². The summed E-state index contributed by atoms with van der Waals surface area (Å²) in [6.07, 6.45) is 1.59. The Bertz CT molecular complexity index is 650. The fraction of sp³-hybridized carbons (Fsp3) is 0.308. The van der Waals surface area contributed by atoms with E-state index in [0.29, 0.717) is 15.7 Å². The van der Waals surface area contributed by atoms with Crippen LogP contribution in [0.2, 0.25) is 0 Å². The first-order valence-corrected chi connectivity index (χ1v) is 6.59. The van der Waals surface area contributed by atoms with Gasteiger partial charge in [-0.15, -0.1) is 0 Å². The second-order valence-electron chi connectivity index (χ2n) is 5.29. The van der Waals surface area contributed by atoms with Gasteiger partial charge in [-0.2, -0.15) is 0 Å². The van der Waals surface area contributed by atoms with E-state index in [4.69, 9.17) is 0 Å². The van der Waals surface area contributed by atoms with Crippen molar-refractivity contribution in [3.8, 4) is 0 Å². The Morgan fingerprint density at radius 3 is 2.63 bits per heavy atom. The monoisotopic (exact) mass is 323 g/mol. The number of pyridine rings is 1. The number of nitrogens with zero attached hydrogens (tertiary/aromatic N) is 2. The van der Waals surface area contributed by atoms with Gasteiger partial charge in [-0.05, 0) is 36.7 Å². The van der Waals surface area contributed by atoms with Gasteiger partial charge in [-0.1, -0.05) is 12.1 Å². The van der Waals surface area contributed by atoms with Crippen LogP contribution >= 0.6 is 15.9 Å². The van der Waals surface area contributed by atoms with Crippen molar-refractivity contribution in [2.75, 3.05) is 5.32 Å². The Kier molecular flexibility index (Phi) is 3.45. The largest absolute Gasteiger partial charge is 0.365 e. The lowest BCUT2D eigenvalue weighted by atomic mass is 10.1. The van der Waals surface area contributed by atoms with E-state index in [1.807, 2.05) is 26.8 Å². The average Bonchev–Trinajstić information content (AvgIpc) is 2.30. The Labute approximate surface area is 119 Å².